The maximum Gasteiger partial charge on any atom is 0.237 e. The fourth-order valence-electron chi connectivity index (χ4n) is 0.961. The van der Waals surface area contributed by atoms with Gasteiger partial charge in [0, 0.05) is 5.38 Å². The van der Waals surface area contributed by atoms with E-state index >= 15 is 0 Å². The van der Waals surface area contributed by atoms with Crippen LogP contribution in [0.25, 0.3) is 0 Å². The van der Waals surface area contributed by atoms with Crippen LogP contribution in [0.15, 0.2) is 10.9 Å². The number of nitrogens with one attached hydrogen (secondary N) is 1. The number of hydrogen-bond donors (Lipinski definition) is 1. The van der Waals surface area contributed by atoms with Crippen molar-refractivity contribution >= 4 is 17.2 Å². The van der Waals surface area contributed by atoms with Crippen molar-refractivity contribution in [1.82, 2.24) is 10.3 Å². The van der Waals surface area contributed by atoms with Gasteiger partial charge >= 0.3 is 0 Å². The molecule has 0 saturated carbocycles. The van der Waals surface area contributed by atoms with Crippen LogP contribution in [0.3, 0.4) is 0 Å². The summed E-state index contributed by atoms with van der Waals surface area (Å²) in [7, 11) is 0. The third-order valence-electron chi connectivity index (χ3n) is 1.81. The van der Waals surface area contributed by atoms with E-state index in [1.165, 1.54) is 11.3 Å². The van der Waals surface area contributed by atoms with E-state index in [2.05, 4.69) is 10.3 Å². The van der Waals surface area contributed by atoms with Gasteiger partial charge in [0.25, 0.3) is 0 Å². The SMILES string of the molecule is CCC(C#N)C(=O)NCc1cscn1. The zero-order chi connectivity index (χ0) is 10.4. The van der Waals surface area contributed by atoms with Gasteiger partial charge in [-0.05, 0) is 6.42 Å². The monoisotopic (exact) mass is 209 g/mol. The maximum atomic E-state index is 11.3. The summed E-state index contributed by atoms with van der Waals surface area (Å²) in [6.45, 7) is 2.22. The Labute approximate surface area is 86.6 Å². The summed E-state index contributed by atoms with van der Waals surface area (Å²) in [6, 6.07) is 1.95. The van der Waals surface area contributed by atoms with Crippen molar-refractivity contribution in [2.45, 2.75) is 19.9 Å². The molecule has 14 heavy (non-hydrogen) atoms. The van der Waals surface area contributed by atoms with Gasteiger partial charge in [0.2, 0.25) is 5.91 Å². The zero-order valence-corrected chi connectivity index (χ0v) is 8.67. The highest BCUT2D eigenvalue weighted by Crippen LogP contribution is 2.03. The van der Waals surface area contributed by atoms with Gasteiger partial charge in [0.05, 0.1) is 23.8 Å². The second kappa shape index (κ2) is 5.35. The molecule has 1 heterocycles. The first-order valence-corrected chi connectivity index (χ1v) is 5.26. The van der Waals surface area contributed by atoms with Crippen LogP contribution < -0.4 is 5.32 Å². The van der Waals surface area contributed by atoms with Gasteiger partial charge in [0.1, 0.15) is 5.92 Å². The lowest BCUT2D eigenvalue weighted by Crippen LogP contribution is -2.29. The van der Waals surface area contributed by atoms with Gasteiger partial charge in [-0.25, -0.2) is 4.98 Å². The van der Waals surface area contributed by atoms with Gasteiger partial charge in [-0.1, -0.05) is 6.92 Å². The van der Waals surface area contributed by atoms with Gasteiger partial charge in [-0.15, -0.1) is 11.3 Å². The Morgan fingerprint density at radius 2 is 2.64 bits per heavy atom. The summed E-state index contributed by atoms with van der Waals surface area (Å²) in [5, 5.41) is 13.2. The first kappa shape index (κ1) is 10.7. The molecule has 74 valence electrons. The van der Waals surface area contributed by atoms with E-state index in [0.29, 0.717) is 13.0 Å². The van der Waals surface area contributed by atoms with E-state index in [-0.39, 0.29) is 5.91 Å². The number of carbonyl (C=O) groups excluding carboxylic acids is 1. The van der Waals surface area contributed by atoms with Gasteiger partial charge in [-0.2, -0.15) is 5.26 Å². The molecular formula is C9H11N3OS. The average molecular weight is 209 g/mol. The van der Waals surface area contributed by atoms with Crippen LogP contribution >= 0.6 is 11.3 Å². The van der Waals surface area contributed by atoms with E-state index in [4.69, 9.17) is 5.26 Å². The minimum atomic E-state index is -0.548. The maximum absolute atomic E-state index is 11.3. The first-order valence-electron chi connectivity index (χ1n) is 4.32. The molecular weight excluding hydrogens is 198 g/mol. The van der Waals surface area contributed by atoms with Crippen LogP contribution in [0.2, 0.25) is 0 Å². The number of aromatic nitrogens is 1. The summed E-state index contributed by atoms with van der Waals surface area (Å²) in [5.41, 5.74) is 2.54. The zero-order valence-electron chi connectivity index (χ0n) is 7.86. The van der Waals surface area contributed by atoms with Crippen molar-refractivity contribution in [2.75, 3.05) is 0 Å². The number of carbonyl (C=O) groups is 1. The largest absolute Gasteiger partial charge is 0.349 e. The molecule has 0 bridgehead atoms. The normalized spacial score (nSPS) is 11.7. The number of hydrogen-bond acceptors (Lipinski definition) is 4. The highest BCUT2D eigenvalue weighted by molar-refractivity contribution is 7.07. The van der Waals surface area contributed by atoms with Gasteiger partial charge in [0.15, 0.2) is 0 Å². The summed E-state index contributed by atoms with van der Waals surface area (Å²) in [4.78, 5) is 15.4. The van der Waals surface area contributed by atoms with Crippen LogP contribution in [0.5, 0.6) is 0 Å². The Bertz CT molecular complexity index is 328. The van der Waals surface area contributed by atoms with Crippen molar-refractivity contribution in [1.29, 1.82) is 5.26 Å². The van der Waals surface area contributed by atoms with Gasteiger partial charge in [-0.3, -0.25) is 4.79 Å². The first-order chi connectivity index (χ1) is 6.77. The molecule has 1 aromatic heterocycles. The Morgan fingerprint density at radius 3 is 3.14 bits per heavy atom. The highest BCUT2D eigenvalue weighted by atomic mass is 32.1. The predicted molar refractivity (Wildman–Crippen MR) is 53.4 cm³/mol. The van der Waals surface area contributed by atoms with Crippen LogP contribution in [-0.2, 0) is 11.3 Å². The average Bonchev–Trinajstić information content (AvgIpc) is 2.69. The van der Waals surface area contributed by atoms with E-state index in [1.54, 1.807) is 5.51 Å². The third kappa shape index (κ3) is 2.82. The molecule has 0 radical (unpaired) electrons. The second-order valence-electron chi connectivity index (χ2n) is 2.79. The molecule has 0 aliphatic heterocycles. The van der Waals surface area contributed by atoms with E-state index < -0.39 is 5.92 Å². The van der Waals surface area contributed by atoms with Crippen LogP contribution in [0.1, 0.15) is 19.0 Å². The van der Waals surface area contributed by atoms with E-state index in [0.717, 1.165) is 5.69 Å². The molecule has 4 nitrogen and oxygen atoms in total. The van der Waals surface area contributed by atoms with E-state index in [9.17, 15) is 4.79 Å². The number of nitriles is 1. The molecule has 1 amide bonds. The smallest absolute Gasteiger partial charge is 0.237 e. The molecule has 0 saturated heterocycles. The van der Waals surface area contributed by atoms with Crippen LogP contribution in [0, 0.1) is 17.2 Å². The molecule has 0 aliphatic carbocycles. The number of nitrogens with zero attached hydrogens (tertiary/aromatic N) is 2. The Hall–Kier alpha value is -1.41. The molecule has 0 fully saturated rings. The van der Waals surface area contributed by atoms with E-state index in [1.807, 2.05) is 18.4 Å². The highest BCUT2D eigenvalue weighted by Gasteiger charge is 2.14. The summed E-state index contributed by atoms with van der Waals surface area (Å²) in [6.07, 6.45) is 0.541. The number of rotatable bonds is 4. The molecule has 1 rings (SSSR count). The minimum absolute atomic E-state index is 0.219. The van der Waals surface area contributed by atoms with Crippen LogP contribution in [-0.4, -0.2) is 10.9 Å². The number of amides is 1. The minimum Gasteiger partial charge on any atom is -0.349 e. The lowest BCUT2D eigenvalue weighted by molar-refractivity contribution is -0.123. The lowest BCUT2D eigenvalue weighted by Gasteiger charge is -2.05. The standard InChI is InChI=1S/C9H11N3OS/c1-2-7(3-10)9(13)11-4-8-5-14-6-12-8/h5-7H,2,4H2,1H3,(H,11,13). The summed E-state index contributed by atoms with van der Waals surface area (Å²) >= 11 is 1.48. The molecule has 0 aromatic carbocycles. The molecule has 1 N–H and O–H groups in total. The second-order valence-corrected chi connectivity index (χ2v) is 3.51. The quantitative estimate of drug-likeness (QED) is 0.813. The Kier molecular flexibility index (Phi) is 4.08. The Morgan fingerprint density at radius 1 is 1.86 bits per heavy atom. The lowest BCUT2D eigenvalue weighted by atomic mass is 10.1. The third-order valence-corrected chi connectivity index (χ3v) is 2.44. The molecule has 1 atom stereocenters. The fraction of sp³-hybridized carbons (Fsp3) is 0.444. The van der Waals surface area contributed by atoms with Crippen molar-refractivity contribution in [3.63, 3.8) is 0 Å². The molecule has 5 heteroatoms. The van der Waals surface area contributed by atoms with Crippen molar-refractivity contribution in [3.8, 4) is 6.07 Å². The topological polar surface area (TPSA) is 65.8 Å². The Balaban J connectivity index is 2.39. The van der Waals surface area contributed by atoms with Crippen molar-refractivity contribution < 1.29 is 4.79 Å². The number of thiazole rings is 1. The summed E-state index contributed by atoms with van der Waals surface area (Å²) < 4.78 is 0. The van der Waals surface area contributed by atoms with Crippen LogP contribution in [0.4, 0.5) is 0 Å². The molecule has 1 unspecified atom stereocenters. The van der Waals surface area contributed by atoms with Crippen molar-refractivity contribution in [2.24, 2.45) is 5.92 Å². The predicted octanol–water partition coefficient (Wildman–Crippen LogP) is 1.31. The molecule has 0 spiro atoms. The fourth-order valence-corrected chi connectivity index (χ4v) is 1.52. The van der Waals surface area contributed by atoms with Crippen molar-refractivity contribution in [3.05, 3.63) is 16.6 Å². The summed E-state index contributed by atoms with van der Waals surface area (Å²) in [5.74, 6) is -0.767. The molecule has 0 aliphatic rings. The molecule has 1 aromatic rings. The van der Waals surface area contributed by atoms with Gasteiger partial charge < -0.3 is 5.32 Å².